The van der Waals surface area contributed by atoms with Crippen molar-refractivity contribution in [2.75, 3.05) is 18.0 Å². The van der Waals surface area contributed by atoms with E-state index in [2.05, 4.69) is 5.32 Å². The summed E-state index contributed by atoms with van der Waals surface area (Å²) in [6.45, 7) is 3.98. The van der Waals surface area contributed by atoms with Crippen LogP contribution in [0.4, 0.5) is 10.1 Å². The number of carbonyl (C=O) groups is 2. The molecule has 0 aromatic heterocycles. The summed E-state index contributed by atoms with van der Waals surface area (Å²) in [6.07, 6.45) is 0.298. The molecule has 1 N–H and O–H groups in total. The molecule has 0 saturated heterocycles. The Hall–Kier alpha value is -2.69. The highest BCUT2D eigenvalue weighted by molar-refractivity contribution is 5.91. The summed E-state index contributed by atoms with van der Waals surface area (Å²) in [5, 5.41) is 2.80. The Labute approximate surface area is 141 Å². The average Bonchev–Trinajstić information content (AvgIpc) is 2.53. The van der Waals surface area contributed by atoms with Crippen LogP contribution in [0.1, 0.15) is 18.1 Å². The fourth-order valence-corrected chi connectivity index (χ4v) is 2.46. The molecule has 0 radical (unpaired) electrons. The predicted octanol–water partition coefficient (Wildman–Crippen LogP) is 2.85. The van der Waals surface area contributed by atoms with Crippen LogP contribution in [-0.4, -0.2) is 24.9 Å². The molecule has 0 aliphatic heterocycles. The molecule has 2 aromatic rings. The first-order chi connectivity index (χ1) is 11.5. The Bertz CT molecular complexity index is 731. The molecule has 0 saturated carbocycles. The van der Waals surface area contributed by atoms with Gasteiger partial charge in [0.05, 0.1) is 6.42 Å². The van der Waals surface area contributed by atoms with E-state index >= 15 is 0 Å². The molecule has 0 spiro atoms. The second-order valence-corrected chi connectivity index (χ2v) is 5.60. The maximum absolute atomic E-state index is 13.3. The van der Waals surface area contributed by atoms with E-state index in [1.54, 1.807) is 12.1 Å². The van der Waals surface area contributed by atoms with Crippen LogP contribution in [0.15, 0.2) is 48.5 Å². The molecule has 0 aliphatic rings. The zero-order valence-electron chi connectivity index (χ0n) is 13.9. The summed E-state index contributed by atoms with van der Waals surface area (Å²) in [4.78, 5) is 25.2. The van der Waals surface area contributed by atoms with Gasteiger partial charge in [0.25, 0.3) is 0 Å². The number of nitrogens with one attached hydrogen (secondary N) is 1. The number of nitrogens with zero attached hydrogens (tertiary/aromatic N) is 1. The maximum Gasteiger partial charge on any atom is 0.224 e. The van der Waals surface area contributed by atoms with Gasteiger partial charge >= 0.3 is 0 Å². The molecule has 0 fully saturated rings. The lowest BCUT2D eigenvalue weighted by atomic mass is 10.1. The highest BCUT2D eigenvalue weighted by atomic mass is 19.1. The molecule has 2 aromatic carbocycles. The SMILES string of the molecule is CC(=O)N(CCNC(=O)Cc1ccccc1C)c1cccc(F)c1. The minimum atomic E-state index is -0.401. The zero-order chi connectivity index (χ0) is 17.5. The molecule has 5 heteroatoms. The van der Waals surface area contributed by atoms with Crippen molar-refractivity contribution in [3.63, 3.8) is 0 Å². The third-order valence-corrected chi connectivity index (χ3v) is 3.77. The number of hydrogen-bond donors (Lipinski definition) is 1. The average molecular weight is 328 g/mol. The minimum Gasteiger partial charge on any atom is -0.354 e. The first kappa shape index (κ1) is 17.7. The van der Waals surface area contributed by atoms with Gasteiger partial charge in [-0.3, -0.25) is 9.59 Å². The molecule has 0 aliphatic carbocycles. The van der Waals surface area contributed by atoms with Crippen molar-refractivity contribution >= 4 is 17.5 Å². The van der Waals surface area contributed by atoms with Crippen LogP contribution < -0.4 is 10.2 Å². The topological polar surface area (TPSA) is 49.4 Å². The fourth-order valence-electron chi connectivity index (χ4n) is 2.46. The van der Waals surface area contributed by atoms with E-state index in [0.29, 0.717) is 18.7 Å². The van der Waals surface area contributed by atoms with Crippen molar-refractivity contribution < 1.29 is 14.0 Å². The second kappa shape index (κ2) is 8.24. The van der Waals surface area contributed by atoms with Gasteiger partial charge < -0.3 is 10.2 Å². The van der Waals surface area contributed by atoms with Crippen LogP contribution in [0.2, 0.25) is 0 Å². The van der Waals surface area contributed by atoms with Crippen LogP contribution in [0.5, 0.6) is 0 Å². The molecule has 0 bridgehead atoms. The van der Waals surface area contributed by atoms with E-state index in [4.69, 9.17) is 0 Å². The number of amides is 2. The monoisotopic (exact) mass is 328 g/mol. The Balaban J connectivity index is 1.90. The summed E-state index contributed by atoms with van der Waals surface area (Å²) in [7, 11) is 0. The van der Waals surface area contributed by atoms with Crippen LogP contribution in [0.3, 0.4) is 0 Å². The van der Waals surface area contributed by atoms with E-state index in [1.165, 1.54) is 24.0 Å². The summed E-state index contributed by atoms with van der Waals surface area (Å²) in [5.41, 5.74) is 2.52. The maximum atomic E-state index is 13.3. The molecular weight excluding hydrogens is 307 g/mol. The number of aryl methyl sites for hydroxylation is 1. The normalized spacial score (nSPS) is 10.3. The van der Waals surface area contributed by atoms with Crippen LogP contribution >= 0.6 is 0 Å². The lowest BCUT2D eigenvalue weighted by Crippen LogP contribution is -2.38. The van der Waals surface area contributed by atoms with Gasteiger partial charge in [-0.1, -0.05) is 30.3 Å². The Morgan fingerprint density at radius 3 is 2.54 bits per heavy atom. The van der Waals surface area contributed by atoms with Crippen LogP contribution in [0.25, 0.3) is 0 Å². The van der Waals surface area contributed by atoms with E-state index in [0.717, 1.165) is 11.1 Å². The van der Waals surface area contributed by atoms with E-state index < -0.39 is 5.82 Å². The second-order valence-electron chi connectivity index (χ2n) is 5.60. The van der Waals surface area contributed by atoms with Gasteiger partial charge in [-0.15, -0.1) is 0 Å². The summed E-state index contributed by atoms with van der Waals surface area (Å²) in [6, 6.07) is 13.6. The number of hydrogen-bond acceptors (Lipinski definition) is 2. The number of benzene rings is 2. The van der Waals surface area contributed by atoms with Crippen molar-refractivity contribution in [3.05, 3.63) is 65.5 Å². The number of rotatable bonds is 6. The van der Waals surface area contributed by atoms with E-state index in [1.807, 2.05) is 31.2 Å². The Kier molecular flexibility index (Phi) is 6.07. The number of anilines is 1. The first-order valence-corrected chi connectivity index (χ1v) is 7.82. The molecule has 2 rings (SSSR count). The third kappa shape index (κ3) is 4.91. The molecule has 4 nitrogen and oxygen atoms in total. The van der Waals surface area contributed by atoms with Gasteiger partial charge in [0.2, 0.25) is 11.8 Å². The van der Waals surface area contributed by atoms with Crippen LogP contribution in [0, 0.1) is 12.7 Å². The van der Waals surface area contributed by atoms with E-state index in [-0.39, 0.29) is 18.4 Å². The molecular formula is C19H21FN2O2. The predicted molar refractivity (Wildman–Crippen MR) is 92.3 cm³/mol. The van der Waals surface area contributed by atoms with Gasteiger partial charge in [0.15, 0.2) is 0 Å². The first-order valence-electron chi connectivity index (χ1n) is 7.82. The molecule has 2 amide bonds. The number of halogens is 1. The van der Waals surface area contributed by atoms with Crippen molar-refractivity contribution in [2.24, 2.45) is 0 Å². The Morgan fingerprint density at radius 1 is 1.12 bits per heavy atom. The smallest absolute Gasteiger partial charge is 0.224 e. The molecule has 24 heavy (non-hydrogen) atoms. The van der Waals surface area contributed by atoms with Crippen LogP contribution in [-0.2, 0) is 16.0 Å². The van der Waals surface area contributed by atoms with Gasteiger partial charge in [0, 0.05) is 25.7 Å². The quantitative estimate of drug-likeness (QED) is 0.886. The van der Waals surface area contributed by atoms with Crippen molar-refractivity contribution in [3.8, 4) is 0 Å². The van der Waals surface area contributed by atoms with Crippen molar-refractivity contribution in [1.82, 2.24) is 5.32 Å². The highest BCUT2D eigenvalue weighted by Gasteiger charge is 2.12. The standard InChI is InChI=1S/C19H21FN2O2/c1-14-6-3-4-7-16(14)12-19(24)21-10-11-22(15(2)23)18-9-5-8-17(20)13-18/h3-9,13H,10-12H2,1-2H3,(H,21,24). The summed E-state index contributed by atoms with van der Waals surface area (Å²) < 4.78 is 13.3. The fraction of sp³-hybridized carbons (Fsp3) is 0.263. The third-order valence-electron chi connectivity index (χ3n) is 3.77. The van der Waals surface area contributed by atoms with Gasteiger partial charge in [-0.2, -0.15) is 0 Å². The van der Waals surface area contributed by atoms with Gasteiger partial charge in [-0.05, 0) is 36.2 Å². The van der Waals surface area contributed by atoms with Gasteiger partial charge in [0.1, 0.15) is 5.82 Å². The lowest BCUT2D eigenvalue weighted by molar-refractivity contribution is -0.121. The van der Waals surface area contributed by atoms with Gasteiger partial charge in [-0.25, -0.2) is 4.39 Å². The van der Waals surface area contributed by atoms with E-state index in [9.17, 15) is 14.0 Å². The minimum absolute atomic E-state index is 0.105. The summed E-state index contributed by atoms with van der Waals surface area (Å²) >= 11 is 0. The molecule has 126 valence electrons. The molecule has 0 atom stereocenters. The lowest BCUT2D eigenvalue weighted by Gasteiger charge is -2.21. The Morgan fingerprint density at radius 2 is 1.88 bits per heavy atom. The summed E-state index contributed by atoms with van der Waals surface area (Å²) in [5.74, 6) is -0.705. The highest BCUT2D eigenvalue weighted by Crippen LogP contribution is 2.15. The number of carbonyl (C=O) groups excluding carboxylic acids is 2. The van der Waals surface area contributed by atoms with Crippen molar-refractivity contribution in [2.45, 2.75) is 20.3 Å². The molecule has 0 unspecified atom stereocenters. The zero-order valence-corrected chi connectivity index (χ0v) is 13.9. The largest absolute Gasteiger partial charge is 0.354 e. The van der Waals surface area contributed by atoms with Crippen molar-refractivity contribution in [1.29, 1.82) is 0 Å². The molecule has 0 heterocycles.